The molecule has 0 spiro atoms. The number of amides is 1. The van der Waals surface area contributed by atoms with Gasteiger partial charge in [0.25, 0.3) is 0 Å². The molecular formula is C11H20N2O2. The molecule has 0 bridgehead atoms. The van der Waals surface area contributed by atoms with Crippen LogP contribution >= 0.6 is 0 Å². The van der Waals surface area contributed by atoms with Gasteiger partial charge in [-0.3, -0.25) is 4.79 Å². The first-order valence-electron chi connectivity index (χ1n) is 5.96. The van der Waals surface area contributed by atoms with Crippen molar-refractivity contribution >= 4 is 5.91 Å². The smallest absolute Gasteiger partial charge is 0.224 e. The van der Waals surface area contributed by atoms with Crippen molar-refractivity contribution in [2.24, 2.45) is 5.92 Å². The highest BCUT2D eigenvalue weighted by atomic mass is 16.5. The maximum Gasteiger partial charge on any atom is 0.224 e. The predicted octanol–water partition coefficient (Wildman–Crippen LogP) is 0.281. The van der Waals surface area contributed by atoms with E-state index < -0.39 is 0 Å². The molecule has 2 fully saturated rings. The molecule has 0 aromatic carbocycles. The number of carbonyl (C=O) groups is 1. The standard InChI is InChI=1S/C11H20N2O2/c14-11(9-3-1-5-12-7-9)13-8-10-4-2-6-15-10/h9-10,12H,1-8H2,(H,13,14)/t9-,10-/m0/s1. The van der Waals surface area contributed by atoms with E-state index >= 15 is 0 Å². The van der Waals surface area contributed by atoms with E-state index in [9.17, 15) is 4.79 Å². The van der Waals surface area contributed by atoms with Crippen molar-refractivity contribution in [1.29, 1.82) is 0 Å². The maximum absolute atomic E-state index is 11.7. The monoisotopic (exact) mass is 212 g/mol. The van der Waals surface area contributed by atoms with Crippen LogP contribution in [0.5, 0.6) is 0 Å². The van der Waals surface area contributed by atoms with Gasteiger partial charge in [0.2, 0.25) is 5.91 Å². The minimum absolute atomic E-state index is 0.167. The number of hydrogen-bond acceptors (Lipinski definition) is 3. The Morgan fingerprint density at radius 3 is 3.00 bits per heavy atom. The van der Waals surface area contributed by atoms with Gasteiger partial charge >= 0.3 is 0 Å². The third kappa shape index (κ3) is 3.18. The first-order valence-corrected chi connectivity index (χ1v) is 5.96. The fraction of sp³-hybridized carbons (Fsp3) is 0.909. The Morgan fingerprint density at radius 2 is 2.33 bits per heavy atom. The van der Waals surface area contributed by atoms with E-state index in [0.717, 1.165) is 45.4 Å². The van der Waals surface area contributed by atoms with E-state index in [1.165, 1.54) is 0 Å². The van der Waals surface area contributed by atoms with Crippen molar-refractivity contribution in [1.82, 2.24) is 10.6 Å². The summed E-state index contributed by atoms with van der Waals surface area (Å²) >= 11 is 0. The van der Waals surface area contributed by atoms with E-state index in [4.69, 9.17) is 4.74 Å². The van der Waals surface area contributed by atoms with E-state index in [1.54, 1.807) is 0 Å². The highest BCUT2D eigenvalue weighted by molar-refractivity contribution is 5.78. The van der Waals surface area contributed by atoms with Gasteiger partial charge in [-0.25, -0.2) is 0 Å². The molecule has 2 heterocycles. The number of ether oxygens (including phenoxy) is 1. The highest BCUT2D eigenvalue weighted by Gasteiger charge is 2.22. The molecule has 1 amide bonds. The zero-order chi connectivity index (χ0) is 10.5. The molecule has 2 saturated heterocycles. The van der Waals surface area contributed by atoms with E-state index in [2.05, 4.69) is 10.6 Å². The SMILES string of the molecule is O=C(NC[C@@H]1CCCO1)[C@H]1CCCNC1. The molecule has 2 aliphatic rings. The van der Waals surface area contributed by atoms with Crippen LogP contribution < -0.4 is 10.6 Å². The topological polar surface area (TPSA) is 50.4 Å². The van der Waals surface area contributed by atoms with Crippen molar-refractivity contribution in [3.05, 3.63) is 0 Å². The van der Waals surface area contributed by atoms with Crippen LogP contribution in [0, 0.1) is 5.92 Å². The molecule has 4 heteroatoms. The minimum Gasteiger partial charge on any atom is -0.376 e. The van der Waals surface area contributed by atoms with Gasteiger partial charge in [0, 0.05) is 19.7 Å². The lowest BCUT2D eigenvalue weighted by molar-refractivity contribution is -0.126. The van der Waals surface area contributed by atoms with Gasteiger partial charge < -0.3 is 15.4 Å². The lowest BCUT2D eigenvalue weighted by Gasteiger charge is -2.22. The quantitative estimate of drug-likeness (QED) is 0.706. The lowest BCUT2D eigenvalue weighted by Crippen LogP contribution is -2.42. The Balaban J connectivity index is 1.66. The Labute approximate surface area is 90.8 Å². The fourth-order valence-electron chi connectivity index (χ4n) is 2.24. The Hall–Kier alpha value is -0.610. The van der Waals surface area contributed by atoms with Crippen LogP contribution in [0.4, 0.5) is 0 Å². The van der Waals surface area contributed by atoms with Crippen molar-refractivity contribution in [2.45, 2.75) is 31.8 Å². The highest BCUT2D eigenvalue weighted by Crippen LogP contribution is 2.12. The molecule has 0 saturated carbocycles. The molecule has 4 nitrogen and oxygen atoms in total. The van der Waals surface area contributed by atoms with Gasteiger partial charge in [0.1, 0.15) is 0 Å². The van der Waals surface area contributed by atoms with Crippen molar-refractivity contribution in [3.8, 4) is 0 Å². The normalized spacial score (nSPS) is 31.5. The molecule has 0 unspecified atom stereocenters. The van der Waals surface area contributed by atoms with Gasteiger partial charge in [-0.05, 0) is 32.2 Å². The summed E-state index contributed by atoms with van der Waals surface area (Å²) in [7, 11) is 0. The molecule has 0 aromatic rings. The van der Waals surface area contributed by atoms with E-state index in [-0.39, 0.29) is 17.9 Å². The zero-order valence-electron chi connectivity index (χ0n) is 9.13. The first-order chi connectivity index (χ1) is 7.36. The summed E-state index contributed by atoms with van der Waals surface area (Å²) in [6, 6.07) is 0. The largest absolute Gasteiger partial charge is 0.376 e. The van der Waals surface area contributed by atoms with E-state index in [1.807, 2.05) is 0 Å². The molecule has 15 heavy (non-hydrogen) atoms. The van der Waals surface area contributed by atoms with Crippen molar-refractivity contribution < 1.29 is 9.53 Å². The number of piperidine rings is 1. The zero-order valence-corrected chi connectivity index (χ0v) is 9.13. The number of hydrogen-bond donors (Lipinski definition) is 2. The molecular weight excluding hydrogens is 192 g/mol. The van der Waals surface area contributed by atoms with Gasteiger partial charge in [-0.2, -0.15) is 0 Å². The second-order valence-corrected chi connectivity index (χ2v) is 4.42. The third-order valence-electron chi connectivity index (χ3n) is 3.20. The van der Waals surface area contributed by atoms with Crippen LogP contribution in [-0.4, -0.2) is 38.3 Å². The molecule has 2 atom stereocenters. The molecule has 2 rings (SSSR count). The summed E-state index contributed by atoms with van der Waals surface area (Å²) in [6.45, 7) is 3.42. The number of rotatable bonds is 3. The number of nitrogens with one attached hydrogen (secondary N) is 2. The second-order valence-electron chi connectivity index (χ2n) is 4.42. The van der Waals surface area contributed by atoms with Crippen LogP contribution in [-0.2, 0) is 9.53 Å². The summed E-state index contributed by atoms with van der Waals surface area (Å²) in [5, 5.41) is 6.24. The summed E-state index contributed by atoms with van der Waals surface area (Å²) in [5.41, 5.74) is 0. The first kappa shape index (κ1) is 10.9. The van der Waals surface area contributed by atoms with Gasteiger partial charge in [0.15, 0.2) is 0 Å². The lowest BCUT2D eigenvalue weighted by atomic mass is 9.99. The van der Waals surface area contributed by atoms with Crippen LogP contribution in [0.2, 0.25) is 0 Å². The summed E-state index contributed by atoms with van der Waals surface area (Å²) < 4.78 is 5.46. The molecule has 2 N–H and O–H groups in total. The fourth-order valence-corrected chi connectivity index (χ4v) is 2.24. The van der Waals surface area contributed by atoms with Crippen LogP contribution in [0.15, 0.2) is 0 Å². The Bertz CT molecular complexity index is 209. The average Bonchev–Trinajstić information content (AvgIpc) is 2.80. The predicted molar refractivity (Wildman–Crippen MR) is 57.6 cm³/mol. The van der Waals surface area contributed by atoms with E-state index in [0.29, 0.717) is 6.54 Å². The van der Waals surface area contributed by atoms with Gasteiger partial charge in [0.05, 0.1) is 12.0 Å². The molecule has 0 aromatic heterocycles. The van der Waals surface area contributed by atoms with Crippen molar-refractivity contribution in [3.63, 3.8) is 0 Å². The maximum atomic E-state index is 11.7. The summed E-state index contributed by atoms with van der Waals surface area (Å²) in [5.74, 6) is 0.359. The average molecular weight is 212 g/mol. The van der Waals surface area contributed by atoms with Crippen LogP contribution in [0.3, 0.4) is 0 Å². The van der Waals surface area contributed by atoms with Crippen molar-refractivity contribution in [2.75, 3.05) is 26.2 Å². The molecule has 0 radical (unpaired) electrons. The minimum atomic E-state index is 0.167. The van der Waals surface area contributed by atoms with Gasteiger partial charge in [-0.15, -0.1) is 0 Å². The molecule has 0 aliphatic carbocycles. The number of carbonyl (C=O) groups excluding carboxylic acids is 1. The Kier molecular flexibility index (Phi) is 3.97. The molecule has 2 aliphatic heterocycles. The van der Waals surface area contributed by atoms with Crippen LogP contribution in [0.25, 0.3) is 0 Å². The second kappa shape index (κ2) is 5.47. The summed E-state index contributed by atoms with van der Waals surface area (Å²) in [4.78, 5) is 11.7. The Morgan fingerprint density at radius 1 is 1.40 bits per heavy atom. The molecule has 86 valence electrons. The summed E-state index contributed by atoms with van der Waals surface area (Å²) in [6.07, 6.45) is 4.60. The van der Waals surface area contributed by atoms with Crippen LogP contribution in [0.1, 0.15) is 25.7 Å². The third-order valence-corrected chi connectivity index (χ3v) is 3.20. The van der Waals surface area contributed by atoms with Gasteiger partial charge in [-0.1, -0.05) is 0 Å².